The highest BCUT2D eigenvalue weighted by Crippen LogP contribution is 2.43. The van der Waals surface area contributed by atoms with Gasteiger partial charge in [0, 0.05) is 26.9 Å². The number of aromatic nitrogens is 2. The van der Waals surface area contributed by atoms with E-state index in [2.05, 4.69) is 25.0 Å². The molecule has 0 saturated heterocycles. The first-order valence-corrected chi connectivity index (χ1v) is 16.1. The Hall–Kier alpha value is -5.79. The molecule has 0 fully saturated rings. The Morgan fingerprint density at radius 2 is 0.880 bits per heavy atom. The second-order valence-electron chi connectivity index (χ2n) is 11.6. The van der Waals surface area contributed by atoms with E-state index in [1.54, 1.807) is 0 Å². The van der Waals surface area contributed by atoms with Crippen molar-refractivity contribution < 1.29 is 38.6 Å². The minimum Gasteiger partial charge on any atom is -0.371 e. The van der Waals surface area contributed by atoms with Crippen LogP contribution in [0.5, 0.6) is 0 Å². The highest BCUT2D eigenvalue weighted by molar-refractivity contribution is 6.51. The predicted molar refractivity (Wildman–Crippen MR) is 165 cm³/mol. The van der Waals surface area contributed by atoms with E-state index in [0.29, 0.717) is 18.2 Å². The van der Waals surface area contributed by atoms with Gasteiger partial charge in [0.2, 0.25) is 0 Å². The quantitative estimate of drug-likeness (QED) is 0.134. The van der Waals surface area contributed by atoms with E-state index >= 15 is 21.1 Å². The monoisotopic (exact) mass is 701 g/mol. The highest BCUT2D eigenvalue weighted by atomic mass is 27.3. The topological polar surface area (TPSA) is 71.7 Å². The second kappa shape index (κ2) is 9.67. The zero-order valence-corrected chi connectivity index (χ0v) is 25.5. The average molecular weight is 701 g/mol. The molecule has 0 unspecified atom stereocenters. The van der Waals surface area contributed by atoms with Gasteiger partial charge in [-0.3, -0.25) is 0 Å². The van der Waals surface area contributed by atoms with Crippen molar-refractivity contribution in [1.29, 1.82) is 0 Å². The van der Waals surface area contributed by atoms with Crippen molar-refractivity contribution in [2.75, 3.05) is 0 Å². The molecular formula is C33H9AlF9N7. The fourth-order valence-corrected chi connectivity index (χ4v) is 8.71. The fourth-order valence-electron chi connectivity index (χ4n) is 6.84. The number of halogens is 9. The minimum atomic E-state index is -4.60. The molecular weight excluding hydrogens is 692 g/mol. The molecule has 6 aromatic rings. The molecule has 4 aromatic carbocycles. The first kappa shape index (κ1) is 29.2. The minimum absolute atomic E-state index is 0.180. The van der Waals surface area contributed by atoms with Crippen LogP contribution in [-0.2, 0) is 0 Å². The molecule has 0 N–H and O–H groups in total. The summed E-state index contributed by atoms with van der Waals surface area (Å²) >= 11 is -4.60. The smallest absolute Gasteiger partial charge is 0.371 e. The molecule has 0 amide bonds. The number of nitrogens with zero attached hydrogens (tertiary/aromatic N) is 7. The lowest BCUT2D eigenvalue weighted by molar-refractivity contribution is 0.511. The highest BCUT2D eigenvalue weighted by Gasteiger charge is 2.42. The summed E-state index contributed by atoms with van der Waals surface area (Å²) in [6.45, 7) is 0. The van der Waals surface area contributed by atoms with Crippen LogP contribution in [0.25, 0.3) is 27.6 Å². The van der Waals surface area contributed by atoms with Gasteiger partial charge in [-0.1, -0.05) is 0 Å². The molecule has 10 rings (SSSR count). The van der Waals surface area contributed by atoms with E-state index < -0.39 is 118 Å². The maximum atomic E-state index is 17.9. The SMILES string of the molecule is Fc1cc2c3[n]4c(c2cc1F)N=C1N=C(N=c2c5cc(F)c(F)cc5c([n]2[Al]4[F])=CC2=NC(=N3)c3c(F)ccc(F)c32)c2c(F)ccc(F)c21. The van der Waals surface area contributed by atoms with Crippen LogP contribution in [0.3, 0.4) is 0 Å². The Kier molecular flexibility index (Phi) is 5.64. The molecule has 6 bridgehead atoms. The van der Waals surface area contributed by atoms with E-state index in [0.717, 1.165) is 43.5 Å². The van der Waals surface area contributed by atoms with Gasteiger partial charge < -0.3 is 10.6 Å². The average Bonchev–Trinajstić information content (AvgIpc) is 3.78. The summed E-state index contributed by atoms with van der Waals surface area (Å²) in [6.07, 6.45) is 1.11. The summed E-state index contributed by atoms with van der Waals surface area (Å²) in [5.74, 6) is -12.0. The predicted octanol–water partition coefficient (Wildman–Crippen LogP) is 6.21. The summed E-state index contributed by atoms with van der Waals surface area (Å²) in [6, 6.07) is 6.05. The molecule has 2 aromatic heterocycles. The zero-order chi connectivity index (χ0) is 34.5. The van der Waals surface area contributed by atoms with Gasteiger partial charge in [0.05, 0.1) is 28.0 Å². The normalized spacial score (nSPS) is 15.3. The van der Waals surface area contributed by atoms with Crippen LogP contribution in [0.15, 0.2) is 73.5 Å². The van der Waals surface area contributed by atoms with Crippen molar-refractivity contribution in [2.24, 2.45) is 25.0 Å². The number of hydrogen-bond acceptors (Lipinski definition) is 5. The number of fused-ring (bicyclic) bond motifs is 14. The molecule has 4 aliphatic rings. The van der Waals surface area contributed by atoms with E-state index in [1.165, 1.54) is 0 Å². The van der Waals surface area contributed by atoms with Crippen molar-refractivity contribution in [3.63, 3.8) is 0 Å². The third kappa shape index (κ3) is 3.65. The van der Waals surface area contributed by atoms with Crippen LogP contribution in [0, 0.1) is 46.5 Å². The van der Waals surface area contributed by atoms with Crippen molar-refractivity contribution >= 4 is 77.5 Å². The molecule has 242 valence electrons. The van der Waals surface area contributed by atoms with E-state index in [4.69, 9.17) is 0 Å². The van der Waals surface area contributed by atoms with Crippen LogP contribution >= 0.6 is 0 Å². The van der Waals surface area contributed by atoms with Crippen LogP contribution in [-0.4, -0.2) is 45.4 Å². The number of aliphatic imine (C=N–C) groups is 4. The molecule has 50 heavy (non-hydrogen) atoms. The second-order valence-corrected chi connectivity index (χ2v) is 13.3. The maximum absolute atomic E-state index is 17.9. The van der Waals surface area contributed by atoms with Gasteiger partial charge in [0.15, 0.2) is 40.8 Å². The van der Waals surface area contributed by atoms with E-state index in [9.17, 15) is 17.6 Å². The van der Waals surface area contributed by atoms with Crippen molar-refractivity contribution in [3.8, 4) is 0 Å². The Morgan fingerprint density at radius 3 is 1.44 bits per heavy atom. The van der Waals surface area contributed by atoms with Gasteiger partial charge >= 0.3 is 15.0 Å². The standard InChI is InChI=1S/C33H9F8N7.Al.FH/c34-14-1-2-15(35)25-24(14)23-9-22-10-5-18(38)19(39)6-11(10)28(42-22)45-32-26-16(36)3-4-17(37)27(26)33(48-32)47-30-13-8-21(41)20(40)7-12(13)29(44-30)46-31(25)43-23;;/h1-9H;;1H/q-2;+3;/p-1. The molecule has 0 radical (unpaired) electrons. The maximum Gasteiger partial charge on any atom is 0.851 e. The summed E-state index contributed by atoms with van der Waals surface area (Å²) < 4.78 is 141. The zero-order valence-electron chi connectivity index (χ0n) is 24.3. The molecule has 0 atom stereocenters. The van der Waals surface area contributed by atoms with Crippen LogP contribution < -0.4 is 10.8 Å². The van der Waals surface area contributed by atoms with E-state index in [1.807, 2.05) is 0 Å². The van der Waals surface area contributed by atoms with Gasteiger partial charge in [-0.15, -0.1) is 0 Å². The lowest BCUT2D eigenvalue weighted by atomic mass is 10.0. The Balaban J connectivity index is 1.52. The number of benzene rings is 4. The Labute approximate surface area is 276 Å². The summed E-state index contributed by atoms with van der Waals surface area (Å²) in [5.41, 5.74) is -2.57. The largest absolute Gasteiger partial charge is 0.851 e. The summed E-state index contributed by atoms with van der Waals surface area (Å²) in [4.78, 5) is 21.7. The summed E-state index contributed by atoms with van der Waals surface area (Å²) in [7, 11) is 0. The molecule has 7 nitrogen and oxygen atoms in total. The number of hydrogen-bond donors (Lipinski definition) is 0. The Morgan fingerprint density at radius 1 is 0.440 bits per heavy atom. The molecule has 6 heterocycles. The molecule has 4 aliphatic heterocycles. The summed E-state index contributed by atoms with van der Waals surface area (Å²) in [5, 5.41) is -1.21. The molecule has 0 saturated carbocycles. The Bertz CT molecular complexity index is 2750. The lowest BCUT2D eigenvalue weighted by Gasteiger charge is -2.13. The van der Waals surface area contributed by atoms with Gasteiger partial charge in [0.1, 0.15) is 40.4 Å². The van der Waals surface area contributed by atoms with Crippen molar-refractivity contribution in [3.05, 3.63) is 128 Å². The van der Waals surface area contributed by atoms with Crippen molar-refractivity contribution in [1.82, 2.24) is 7.10 Å². The third-order valence-electron chi connectivity index (χ3n) is 8.97. The van der Waals surface area contributed by atoms with Crippen molar-refractivity contribution in [2.45, 2.75) is 0 Å². The van der Waals surface area contributed by atoms with Gasteiger partial charge in [-0.05, 0) is 54.6 Å². The molecule has 0 spiro atoms. The third-order valence-corrected chi connectivity index (χ3v) is 10.8. The van der Waals surface area contributed by atoms with Gasteiger partial charge in [-0.2, -0.15) is 0 Å². The first-order valence-electron chi connectivity index (χ1n) is 14.6. The van der Waals surface area contributed by atoms with Gasteiger partial charge in [-0.25, -0.2) is 60.1 Å². The fraction of sp³-hybridized carbons (Fsp3) is 0. The van der Waals surface area contributed by atoms with Crippen LogP contribution in [0.1, 0.15) is 22.3 Å². The van der Waals surface area contributed by atoms with Crippen LogP contribution in [0.4, 0.5) is 50.3 Å². The van der Waals surface area contributed by atoms with E-state index in [-0.39, 0.29) is 32.6 Å². The molecule has 17 heteroatoms. The number of amidine groups is 3. The molecule has 0 aliphatic carbocycles. The number of rotatable bonds is 0. The lowest BCUT2D eigenvalue weighted by Crippen LogP contribution is -2.43. The van der Waals surface area contributed by atoms with Crippen LogP contribution in [0.2, 0.25) is 0 Å². The van der Waals surface area contributed by atoms with Gasteiger partial charge in [0.25, 0.3) is 0 Å². The first-order chi connectivity index (χ1) is 24.0.